The van der Waals surface area contributed by atoms with E-state index in [-0.39, 0.29) is 47.3 Å². The number of rotatable bonds is 3. The number of aromatic nitrogens is 1. The summed E-state index contributed by atoms with van der Waals surface area (Å²) in [4.78, 5) is 26.2. The predicted molar refractivity (Wildman–Crippen MR) is 61.6 cm³/mol. The maximum absolute atomic E-state index is 11.6. The van der Waals surface area contributed by atoms with Crippen molar-refractivity contribution in [1.29, 1.82) is 0 Å². The number of carbonyl (C=O) groups is 2. The van der Waals surface area contributed by atoms with Gasteiger partial charge in [0.1, 0.15) is 0 Å². The number of hydrogen-bond acceptors (Lipinski definition) is 5. The van der Waals surface area contributed by atoms with Crippen molar-refractivity contribution in [3.05, 3.63) is 47.0 Å². The van der Waals surface area contributed by atoms with Crippen molar-refractivity contribution in [2.45, 2.75) is 0 Å². The van der Waals surface area contributed by atoms with Crippen molar-refractivity contribution < 1.29 is 50.4 Å². The molecule has 0 bridgehead atoms. The summed E-state index contributed by atoms with van der Waals surface area (Å²) in [7, 11) is 0. The van der Waals surface area contributed by atoms with E-state index in [2.05, 4.69) is 4.98 Å². The third-order valence-corrected chi connectivity index (χ3v) is 2.58. The zero-order valence-corrected chi connectivity index (χ0v) is 12.3. The SMILES string of the molecule is O=C(O)c1cccc(C(=O)Oc2nccs2)c1.[H-].[Na+]. The number of aromatic carboxylic acids is 1. The molecule has 1 N–H and O–H groups in total. The first-order chi connectivity index (χ1) is 8.16. The second-order valence-corrected chi connectivity index (χ2v) is 3.93. The molecule has 0 spiro atoms. The summed E-state index contributed by atoms with van der Waals surface area (Å²) in [6.45, 7) is 0. The van der Waals surface area contributed by atoms with E-state index >= 15 is 0 Å². The molecule has 7 heteroatoms. The van der Waals surface area contributed by atoms with E-state index < -0.39 is 11.9 Å². The Balaban J connectivity index is 0.00000162. The minimum Gasteiger partial charge on any atom is -1.00 e. The molecule has 0 saturated heterocycles. The summed E-state index contributed by atoms with van der Waals surface area (Å²) in [5.41, 5.74) is 0.221. The van der Waals surface area contributed by atoms with Crippen LogP contribution in [-0.2, 0) is 0 Å². The molecule has 0 atom stereocenters. The summed E-state index contributed by atoms with van der Waals surface area (Å²) in [6, 6.07) is 5.64. The van der Waals surface area contributed by atoms with Crippen molar-refractivity contribution in [2.24, 2.45) is 0 Å². The average Bonchev–Trinajstić information content (AvgIpc) is 2.82. The summed E-state index contributed by atoms with van der Waals surface area (Å²) >= 11 is 1.19. The van der Waals surface area contributed by atoms with Crippen molar-refractivity contribution in [3.8, 4) is 5.19 Å². The molecule has 88 valence electrons. The Morgan fingerprint density at radius 2 is 2.06 bits per heavy atom. The van der Waals surface area contributed by atoms with E-state index in [0.29, 0.717) is 0 Å². The molecule has 2 aromatic rings. The molecule has 1 aromatic carbocycles. The van der Waals surface area contributed by atoms with Crippen molar-refractivity contribution in [2.75, 3.05) is 0 Å². The fraction of sp³-hybridized carbons (Fsp3) is 0. The molecular weight excluding hydrogens is 265 g/mol. The van der Waals surface area contributed by atoms with Crippen molar-refractivity contribution >= 4 is 23.3 Å². The number of carboxylic acid groups (broad SMARTS) is 1. The summed E-state index contributed by atoms with van der Waals surface area (Å²) in [5.74, 6) is -1.71. The van der Waals surface area contributed by atoms with Crippen molar-refractivity contribution in [3.63, 3.8) is 0 Å². The second kappa shape index (κ2) is 6.65. The number of thiazole rings is 1. The molecule has 1 aromatic heterocycles. The van der Waals surface area contributed by atoms with E-state index in [1.807, 2.05) is 0 Å². The summed E-state index contributed by atoms with van der Waals surface area (Å²) < 4.78 is 4.95. The number of carboxylic acids is 1. The second-order valence-electron chi connectivity index (χ2n) is 3.07. The van der Waals surface area contributed by atoms with Crippen LogP contribution in [0.2, 0.25) is 0 Å². The van der Waals surface area contributed by atoms with Gasteiger partial charge in [-0.1, -0.05) is 17.4 Å². The van der Waals surface area contributed by atoms with Gasteiger partial charge in [0.2, 0.25) is 0 Å². The number of nitrogens with zero attached hydrogens (tertiary/aromatic N) is 1. The fourth-order valence-corrected chi connectivity index (χ4v) is 1.66. The Morgan fingerprint density at radius 3 is 2.67 bits per heavy atom. The predicted octanol–water partition coefficient (Wildman–Crippen LogP) is -0.823. The van der Waals surface area contributed by atoms with Crippen LogP contribution in [0.4, 0.5) is 0 Å². The Morgan fingerprint density at radius 1 is 1.33 bits per heavy atom. The first-order valence-corrected chi connectivity index (χ1v) is 5.50. The number of esters is 1. The van der Waals surface area contributed by atoms with Gasteiger partial charge in [0, 0.05) is 11.6 Å². The van der Waals surface area contributed by atoms with Crippen LogP contribution in [0.25, 0.3) is 0 Å². The Bertz CT molecular complexity index is 562. The minimum atomic E-state index is -1.09. The van der Waals surface area contributed by atoms with Gasteiger partial charge in [-0.2, -0.15) is 0 Å². The normalized spacial score (nSPS) is 9.33. The van der Waals surface area contributed by atoms with Crippen LogP contribution in [0.3, 0.4) is 0 Å². The van der Waals surface area contributed by atoms with Gasteiger partial charge in [0.15, 0.2) is 0 Å². The van der Waals surface area contributed by atoms with Gasteiger partial charge in [-0.05, 0) is 18.2 Å². The third kappa shape index (κ3) is 3.64. The summed E-state index contributed by atoms with van der Waals surface area (Å²) in [5, 5.41) is 10.7. The summed E-state index contributed by atoms with van der Waals surface area (Å²) in [6.07, 6.45) is 1.51. The van der Waals surface area contributed by atoms with Gasteiger partial charge in [-0.3, -0.25) is 0 Å². The van der Waals surface area contributed by atoms with Crippen LogP contribution >= 0.6 is 11.3 Å². The number of carbonyl (C=O) groups excluding carboxylic acids is 1. The number of hydrogen-bond donors (Lipinski definition) is 1. The van der Waals surface area contributed by atoms with Crippen LogP contribution in [0.5, 0.6) is 5.19 Å². The van der Waals surface area contributed by atoms with Crippen LogP contribution in [0, 0.1) is 0 Å². The molecule has 0 unspecified atom stereocenters. The Kier molecular flexibility index (Phi) is 5.49. The molecule has 0 amide bonds. The van der Waals surface area contributed by atoms with Gasteiger partial charge in [-0.25, -0.2) is 14.6 Å². The molecule has 0 saturated carbocycles. The van der Waals surface area contributed by atoms with Gasteiger partial charge >= 0.3 is 41.5 Å². The van der Waals surface area contributed by atoms with Gasteiger partial charge in [-0.15, -0.1) is 0 Å². The molecule has 0 radical (unpaired) electrons. The maximum Gasteiger partial charge on any atom is 1.00 e. The standard InChI is InChI=1S/C11H7NO4S.Na.H/c13-9(14)7-2-1-3-8(6-7)10(15)16-11-12-4-5-17-11;;/h1-6H,(H,13,14);;/q;+1;-1. The molecule has 18 heavy (non-hydrogen) atoms. The largest absolute Gasteiger partial charge is 1.00 e. The molecule has 0 aliphatic heterocycles. The molecule has 0 aliphatic rings. The van der Waals surface area contributed by atoms with E-state index in [1.54, 1.807) is 5.38 Å². The van der Waals surface area contributed by atoms with E-state index in [4.69, 9.17) is 9.84 Å². The average molecular weight is 273 g/mol. The maximum atomic E-state index is 11.6. The molecule has 5 nitrogen and oxygen atoms in total. The van der Waals surface area contributed by atoms with E-state index in [1.165, 1.54) is 41.8 Å². The first-order valence-electron chi connectivity index (χ1n) is 4.62. The smallest absolute Gasteiger partial charge is 1.00 e. The van der Waals surface area contributed by atoms with Crippen LogP contribution in [-0.4, -0.2) is 22.0 Å². The Labute approximate surface area is 130 Å². The van der Waals surface area contributed by atoms with Gasteiger partial charge < -0.3 is 11.3 Å². The van der Waals surface area contributed by atoms with E-state index in [9.17, 15) is 9.59 Å². The van der Waals surface area contributed by atoms with Crippen molar-refractivity contribution in [1.82, 2.24) is 4.98 Å². The van der Waals surface area contributed by atoms with Gasteiger partial charge in [0.05, 0.1) is 11.1 Å². The van der Waals surface area contributed by atoms with Crippen LogP contribution < -0.4 is 34.3 Å². The minimum absolute atomic E-state index is 0. The van der Waals surface area contributed by atoms with Crippen LogP contribution in [0.1, 0.15) is 22.1 Å². The third-order valence-electron chi connectivity index (χ3n) is 1.93. The number of benzene rings is 1. The van der Waals surface area contributed by atoms with E-state index in [0.717, 1.165) is 0 Å². The Hall–Kier alpha value is -1.21. The quantitative estimate of drug-likeness (QED) is 0.584. The first kappa shape index (κ1) is 14.8. The van der Waals surface area contributed by atoms with Crippen LogP contribution in [0.15, 0.2) is 35.8 Å². The topological polar surface area (TPSA) is 76.5 Å². The van der Waals surface area contributed by atoms with Gasteiger partial charge in [0.25, 0.3) is 5.19 Å². The molecule has 0 aliphatic carbocycles. The monoisotopic (exact) mass is 273 g/mol. The zero-order valence-electron chi connectivity index (χ0n) is 10.5. The fourth-order valence-electron chi connectivity index (χ4n) is 1.18. The molecule has 2 rings (SSSR count). The number of ether oxygens (including phenoxy) is 1. The zero-order chi connectivity index (χ0) is 12.3. The molecule has 0 fully saturated rings. The molecule has 1 heterocycles. The molecular formula is C11H8NNaO4S.